The number of amides is 1. The van der Waals surface area contributed by atoms with Gasteiger partial charge in [0.05, 0.1) is 6.42 Å². The monoisotopic (exact) mass is 426 g/mol. The number of carbonyl (C=O) groups excluding carboxylic acids is 1. The topological polar surface area (TPSA) is 62.5 Å². The second-order valence-electron chi connectivity index (χ2n) is 7.36. The summed E-state index contributed by atoms with van der Waals surface area (Å²) in [5, 5.41) is 5.02. The van der Waals surface area contributed by atoms with Gasteiger partial charge < -0.3 is 14.3 Å². The third-order valence-electron chi connectivity index (χ3n) is 5.65. The number of halogens is 1. The molecule has 0 aliphatic carbocycles. The van der Waals surface area contributed by atoms with E-state index in [0.29, 0.717) is 18.3 Å². The number of para-hydroxylation sites is 1. The lowest BCUT2D eigenvalue weighted by molar-refractivity contribution is -0.129. The second-order valence-corrected chi connectivity index (χ2v) is 8.28. The first-order valence-electron chi connectivity index (χ1n) is 9.15. The Morgan fingerprint density at radius 3 is 2.63 bits per heavy atom. The van der Waals surface area contributed by atoms with Crippen molar-refractivity contribution >= 4 is 38.6 Å². The maximum absolute atomic E-state index is 12.8. The smallest absolute Gasteiger partial charge is 0.228 e. The van der Waals surface area contributed by atoms with Crippen molar-refractivity contribution in [2.75, 3.05) is 31.1 Å². The molecule has 3 aromatic rings. The van der Waals surface area contributed by atoms with E-state index >= 15 is 0 Å². The minimum absolute atomic E-state index is 0.136. The van der Waals surface area contributed by atoms with Gasteiger partial charge in [0.25, 0.3) is 0 Å². The normalized spacial score (nSPS) is 21.8. The summed E-state index contributed by atoms with van der Waals surface area (Å²) in [4.78, 5) is 21.6. The van der Waals surface area contributed by atoms with Crippen molar-refractivity contribution < 1.29 is 9.32 Å². The molecule has 2 aromatic heterocycles. The van der Waals surface area contributed by atoms with E-state index in [1.807, 2.05) is 47.5 Å². The van der Waals surface area contributed by atoms with E-state index in [-0.39, 0.29) is 5.91 Å². The molecule has 2 atom stereocenters. The van der Waals surface area contributed by atoms with Crippen LogP contribution in [0.1, 0.15) is 5.69 Å². The summed E-state index contributed by atoms with van der Waals surface area (Å²) in [6.07, 6.45) is 2.13. The number of pyridine rings is 1. The van der Waals surface area contributed by atoms with Gasteiger partial charge in [-0.05, 0) is 40.2 Å². The maximum atomic E-state index is 12.8. The molecule has 0 bridgehead atoms. The van der Waals surface area contributed by atoms with Crippen LogP contribution in [0.4, 0.5) is 5.82 Å². The highest BCUT2D eigenvalue weighted by molar-refractivity contribution is 9.10. The number of hydrogen-bond acceptors (Lipinski definition) is 5. The molecule has 7 heteroatoms. The molecule has 4 heterocycles. The van der Waals surface area contributed by atoms with Crippen molar-refractivity contribution in [2.24, 2.45) is 11.8 Å². The minimum atomic E-state index is 0.136. The van der Waals surface area contributed by atoms with Crippen molar-refractivity contribution in [3.05, 3.63) is 52.8 Å². The molecule has 0 radical (unpaired) electrons. The Morgan fingerprint density at radius 2 is 1.89 bits per heavy atom. The van der Waals surface area contributed by atoms with Gasteiger partial charge in [0.15, 0.2) is 5.58 Å². The molecule has 1 amide bonds. The average molecular weight is 427 g/mol. The largest absolute Gasteiger partial charge is 0.356 e. The third-order valence-corrected chi connectivity index (χ3v) is 6.11. The van der Waals surface area contributed by atoms with Gasteiger partial charge in [-0.3, -0.25) is 4.79 Å². The summed E-state index contributed by atoms with van der Waals surface area (Å²) < 4.78 is 6.31. The van der Waals surface area contributed by atoms with Gasteiger partial charge in [-0.2, -0.15) is 0 Å². The van der Waals surface area contributed by atoms with E-state index in [2.05, 4.69) is 31.0 Å². The zero-order chi connectivity index (χ0) is 18.4. The van der Waals surface area contributed by atoms with Crippen molar-refractivity contribution in [3.63, 3.8) is 0 Å². The number of hydrogen-bond donors (Lipinski definition) is 0. The summed E-state index contributed by atoms with van der Waals surface area (Å²) in [6.45, 7) is 3.53. The van der Waals surface area contributed by atoms with E-state index in [1.165, 1.54) is 0 Å². The molecule has 2 aliphatic rings. The van der Waals surface area contributed by atoms with Crippen LogP contribution in [-0.4, -0.2) is 47.1 Å². The van der Waals surface area contributed by atoms with Crippen molar-refractivity contribution in [2.45, 2.75) is 6.42 Å². The van der Waals surface area contributed by atoms with Crippen LogP contribution in [0, 0.1) is 11.8 Å². The van der Waals surface area contributed by atoms with Gasteiger partial charge in [-0.25, -0.2) is 4.98 Å². The van der Waals surface area contributed by atoms with Gasteiger partial charge in [-0.1, -0.05) is 17.3 Å². The fourth-order valence-corrected chi connectivity index (χ4v) is 4.49. The molecule has 2 aliphatic heterocycles. The molecule has 5 rings (SSSR count). The summed E-state index contributed by atoms with van der Waals surface area (Å²) in [5.74, 6) is 2.17. The molecule has 2 saturated heterocycles. The van der Waals surface area contributed by atoms with Gasteiger partial charge in [0.1, 0.15) is 11.5 Å². The van der Waals surface area contributed by atoms with Crippen LogP contribution in [0.25, 0.3) is 11.0 Å². The number of benzene rings is 1. The Morgan fingerprint density at radius 1 is 1.11 bits per heavy atom. The van der Waals surface area contributed by atoms with Crippen LogP contribution in [0.3, 0.4) is 0 Å². The first kappa shape index (κ1) is 16.7. The lowest BCUT2D eigenvalue weighted by atomic mass is 10.0. The molecule has 0 saturated carbocycles. The summed E-state index contributed by atoms with van der Waals surface area (Å²) in [7, 11) is 0. The standard InChI is InChI=1S/C20H19BrN4O2/c21-15-5-6-19(22-8-15)24-9-13-11-25(12-14(13)10-24)20(26)7-17-16-3-1-2-4-18(16)27-23-17/h1-6,8,13-14H,7,9-12H2. The van der Waals surface area contributed by atoms with E-state index < -0.39 is 0 Å². The Bertz CT molecular complexity index is 973. The maximum Gasteiger partial charge on any atom is 0.228 e. The van der Waals surface area contributed by atoms with Gasteiger partial charge in [0.2, 0.25) is 5.91 Å². The first-order valence-corrected chi connectivity index (χ1v) is 9.94. The number of fused-ring (bicyclic) bond motifs is 2. The van der Waals surface area contributed by atoms with Gasteiger partial charge in [0, 0.05) is 54.1 Å². The van der Waals surface area contributed by atoms with E-state index in [1.54, 1.807) is 0 Å². The molecule has 6 nitrogen and oxygen atoms in total. The summed E-state index contributed by atoms with van der Waals surface area (Å²) in [6, 6.07) is 11.8. The van der Waals surface area contributed by atoms with Crippen molar-refractivity contribution in [1.29, 1.82) is 0 Å². The number of anilines is 1. The Kier molecular flexibility index (Phi) is 4.11. The lowest BCUT2D eigenvalue weighted by Gasteiger charge is -2.22. The fourth-order valence-electron chi connectivity index (χ4n) is 4.26. The predicted octanol–water partition coefficient (Wildman–Crippen LogP) is 3.12. The molecule has 2 fully saturated rings. The highest BCUT2D eigenvalue weighted by Crippen LogP contribution is 2.34. The van der Waals surface area contributed by atoms with Crippen molar-refractivity contribution in [3.8, 4) is 0 Å². The zero-order valence-electron chi connectivity index (χ0n) is 14.7. The van der Waals surface area contributed by atoms with Crippen LogP contribution in [0.2, 0.25) is 0 Å². The minimum Gasteiger partial charge on any atom is -0.356 e. The van der Waals surface area contributed by atoms with E-state index in [0.717, 1.165) is 53.1 Å². The molecule has 2 unspecified atom stereocenters. The Labute approximate surface area is 165 Å². The molecular formula is C20H19BrN4O2. The summed E-state index contributed by atoms with van der Waals surface area (Å²) >= 11 is 3.43. The highest BCUT2D eigenvalue weighted by Gasteiger charge is 2.42. The van der Waals surface area contributed by atoms with Gasteiger partial charge in [-0.15, -0.1) is 0 Å². The second kappa shape index (κ2) is 6.64. The van der Waals surface area contributed by atoms with E-state index in [9.17, 15) is 4.79 Å². The molecule has 0 N–H and O–H groups in total. The summed E-state index contributed by atoms with van der Waals surface area (Å²) in [5.41, 5.74) is 1.46. The number of carbonyl (C=O) groups is 1. The van der Waals surface area contributed by atoms with Crippen LogP contribution in [-0.2, 0) is 11.2 Å². The van der Waals surface area contributed by atoms with Crippen LogP contribution in [0.15, 0.2) is 51.6 Å². The predicted molar refractivity (Wildman–Crippen MR) is 105 cm³/mol. The number of aromatic nitrogens is 2. The zero-order valence-corrected chi connectivity index (χ0v) is 16.3. The molecule has 1 aromatic carbocycles. The van der Waals surface area contributed by atoms with Crippen LogP contribution < -0.4 is 4.90 Å². The molecule has 0 spiro atoms. The average Bonchev–Trinajstić information content (AvgIpc) is 3.36. The number of likely N-dealkylation sites (tertiary alicyclic amines) is 1. The molecule has 27 heavy (non-hydrogen) atoms. The fraction of sp³-hybridized carbons (Fsp3) is 0.350. The third kappa shape index (κ3) is 3.10. The molecule has 138 valence electrons. The number of rotatable bonds is 3. The lowest BCUT2D eigenvalue weighted by Crippen LogP contribution is -2.34. The quantitative estimate of drug-likeness (QED) is 0.643. The Hall–Kier alpha value is -2.41. The highest BCUT2D eigenvalue weighted by atomic mass is 79.9. The van der Waals surface area contributed by atoms with Crippen LogP contribution in [0.5, 0.6) is 0 Å². The van der Waals surface area contributed by atoms with Gasteiger partial charge >= 0.3 is 0 Å². The molecular weight excluding hydrogens is 408 g/mol. The van der Waals surface area contributed by atoms with E-state index in [4.69, 9.17) is 4.52 Å². The van der Waals surface area contributed by atoms with Crippen LogP contribution >= 0.6 is 15.9 Å². The Balaban J connectivity index is 1.23. The van der Waals surface area contributed by atoms with Crippen molar-refractivity contribution in [1.82, 2.24) is 15.0 Å². The SMILES string of the molecule is O=C(Cc1noc2ccccc12)N1CC2CN(c3ccc(Br)cn3)CC2C1. The first-order chi connectivity index (χ1) is 13.2. The number of nitrogens with zero attached hydrogens (tertiary/aromatic N) is 4.